The molecule has 1 aromatic carbocycles. The molecule has 1 unspecified atom stereocenters. The quantitative estimate of drug-likeness (QED) is 0.340. The Morgan fingerprint density at radius 1 is 1.42 bits per heavy atom. The smallest absolute Gasteiger partial charge is 0.270 e. The van der Waals surface area contributed by atoms with Crippen LogP contribution in [0.15, 0.2) is 29.2 Å². The van der Waals surface area contributed by atoms with Crippen molar-refractivity contribution in [3.05, 3.63) is 44.8 Å². The van der Waals surface area contributed by atoms with Gasteiger partial charge in [0.25, 0.3) is 11.6 Å². The predicted octanol–water partition coefficient (Wildman–Crippen LogP) is 1.98. The van der Waals surface area contributed by atoms with Crippen LogP contribution in [-0.2, 0) is 14.6 Å². The molecule has 2 aliphatic heterocycles. The Morgan fingerprint density at radius 3 is 2.79 bits per heavy atom. The first kappa shape index (κ1) is 17.1. The number of carbonyl (C=O) groups excluding carboxylic acids is 1. The molecule has 1 amide bonds. The summed E-state index contributed by atoms with van der Waals surface area (Å²) in [5, 5.41) is 10.8. The van der Waals surface area contributed by atoms with Gasteiger partial charge in [-0.3, -0.25) is 19.8 Å². The zero-order valence-corrected chi connectivity index (χ0v) is 14.7. The molecule has 2 aliphatic rings. The van der Waals surface area contributed by atoms with Gasteiger partial charge in [-0.1, -0.05) is 36.1 Å². The lowest BCUT2D eigenvalue weighted by atomic mass is 10.1. The zero-order chi connectivity index (χ0) is 17.5. The summed E-state index contributed by atoms with van der Waals surface area (Å²) in [6, 6.07) is 5.49. The maximum Gasteiger partial charge on any atom is 0.270 e. The highest BCUT2D eigenvalue weighted by Crippen LogP contribution is 2.36. The van der Waals surface area contributed by atoms with E-state index in [1.807, 2.05) is 0 Å². The molecule has 2 fully saturated rings. The van der Waals surface area contributed by atoms with E-state index in [0.29, 0.717) is 21.2 Å². The van der Waals surface area contributed by atoms with Gasteiger partial charge in [0, 0.05) is 12.1 Å². The molecule has 24 heavy (non-hydrogen) atoms. The van der Waals surface area contributed by atoms with E-state index in [0.717, 1.165) is 11.8 Å². The summed E-state index contributed by atoms with van der Waals surface area (Å²) in [6.45, 7) is 0. The van der Waals surface area contributed by atoms with Crippen molar-refractivity contribution in [2.75, 3.05) is 11.5 Å². The number of sulfone groups is 1. The fraction of sp³-hybridized carbons (Fsp3) is 0.286. The molecule has 7 nitrogen and oxygen atoms in total. The number of carbonyl (C=O) groups is 1. The molecule has 2 saturated heterocycles. The zero-order valence-electron chi connectivity index (χ0n) is 12.2. The molecule has 0 aromatic heterocycles. The maximum absolute atomic E-state index is 12.6. The highest BCUT2D eigenvalue weighted by molar-refractivity contribution is 8.26. The van der Waals surface area contributed by atoms with Crippen LogP contribution < -0.4 is 0 Å². The van der Waals surface area contributed by atoms with Crippen molar-refractivity contribution in [2.24, 2.45) is 0 Å². The molecular formula is C14H12N2O5S3. The Bertz CT molecular complexity index is 878. The van der Waals surface area contributed by atoms with Crippen LogP contribution in [0.2, 0.25) is 0 Å². The molecule has 0 spiro atoms. The normalized spacial score (nSPS) is 24.8. The Kier molecular flexibility index (Phi) is 4.45. The van der Waals surface area contributed by atoms with Crippen LogP contribution in [0, 0.1) is 10.1 Å². The highest BCUT2D eigenvalue weighted by Gasteiger charge is 2.42. The van der Waals surface area contributed by atoms with Crippen molar-refractivity contribution in [1.29, 1.82) is 0 Å². The van der Waals surface area contributed by atoms with Crippen LogP contribution >= 0.6 is 24.0 Å². The molecule has 10 heteroatoms. The van der Waals surface area contributed by atoms with Gasteiger partial charge in [0.05, 0.1) is 27.4 Å². The van der Waals surface area contributed by atoms with Crippen LogP contribution in [0.25, 0.3) is 6.08 Å². The first-order chi connectivity index (χ1) is 11.3. The Hall–Kier alpha value is -1.78. The lowest BCUT2D eigenvalue weighted by Crippen LogP contribution is -2.39. The number of nitro benzene ring substituents is 1. The maximum atomic E-state index is 12.6. The van der Waals surface area contributed by atoms with E-state index in [1.165, 1.54) is 29.2 Å². The second kappa shape index (κ2) is 6.26. The van der Waals surface area contributed by atoms with Gasteiger partial charge in [0.15, 0.2) is 9.84 Å². The van der Waals surface area contributed by atoms with Gasteiger partial charge in [0.1, 0.15) is 4.32 Å². The average molecular weight is 384 g/mol. The SMILES string of the molecule is O=C1C(=Cc2cccc([N+](=O)[O-])c2)SC(=S)N1C1CCS(=O)(=O)C1. The molecule has 1 atom stereocenters. The fourth-order valence-corrected chi connectivity index (χ4v) is 5.75. The topological polar surface area (TPSA) is 97.6 Å². The van der Waals surface area contributed by atoms with E-state index in [4.69, 9.17) is 12.2 Å². The lowest BCUT2D eigenvalue weighted by molar-refractivity contribution is -0.384. The van der Waals surface area contributed by atoms with Crippen LogP contribution in [0.4, 0.5) is 5.69 Å². The van der Waals surface area contributed by atoms with Gasteiger partial charge in [-0.2, -0.15) is 0 Å². The van der Waals surface area contributed by atoms with Gasteiger partial charge < -0.3 is 0 Å². The summed E-state index contributed by atoms with van der Waals surface area (Å²) in [5.74, 6) is -0.374. The molecule has 0 N–H and O–H groups in total. The van der Waals surface area contributed by atoms with Crippen LogP contribution in [0.1, 0.15) is 12.0 Å². The van der Waals surface area contributed by atoms with Gasteiger partial charge in [-0.25, -0.2) is 8.42 Å². The third-order valence-electron chi connectivity index (χ3n) is 3.78. The van der Waals surface area contributed by atoms with Gasteiger partial charge >= 0.3 is 0 Å². The molecule has 3 rings (SSSR count). The van der Waals surface area contributed by atoms with Gasteiger partial charge in [-0.15, -0.1) is 0 Å². The van der Waals surface area contributed by atoms with E-state index in [2.05, 4.69) is 0 Å². The first-order valence-electron chi connectivity index (χ1n) is 6.99. The summed E-state index contributed by atoms with van der Waals surface area (Å²) in [5.41, 5.74) is 0.449. The lowest BCUT2D eigenvalue weighted by Gasteiger charge is -2.20. The minimum atomic E-state index is -3.13. The number of non-ortho nitro benzene ring substituents is 1. The minimum Gasteiger partial charge on any atom is -0.289 e. The summed E-state index contributed by atoms with van der Waals surface area (Å²) >= 11 is 6.30. The highest BCUT2D eigenvalue weighted by atomic mass is 32.2. The number of hydrogen-bond acceptors (Lipinski definition) is 7. The standard InChI is InChI=1S/C14H12N2O5S3/c17-13-12(7-9-2-1-3-10(6-9)16(18)19)23-14(22)15(13)11-4-5-24(20,21)8-11/h1-3,6-7,11H,4-5,8H2. The third kappa shape index (κ3) is 3.35. The summed E-state index contributed by atoms with van der Waals surface area (Å²) in [4.78, 5) is 24.6. The van der Waals surface area contributed by atoms with E-state index >= 15 is 0 Å². The molecule has 1 aromatic rings. The van der Waals surface area contributed by atoms with E-state index in [-0.39, 0.29) is 23.1 Å². The Morgan fingerprint density at radius 2 is 2.17 bits per heavy atom. The molecule has 126 valence electrons. The third-order valence-corrected chi connectivity index (χ3v) is 6.86. The molecule has 2 heterocycles. The van der Waals surface area contributed by atoms with Crippen LogP contribution in [-0.4, -0.2) is 46.0 Å². The Labute approximate surface area is 147 Å². The number of amides is 1. The number of thioether (sulfide) groups is 1. The van der Waals surface area contributed by atoms with E-state index in [9.17, 15) is 23.3 Å². The number of thiocarbonyl (C=S) groups is 1. The summed E-state index contributed by atoms with van der Waals surface area (Å²) in [7, 11) is -3.13. The first-order valence-corrected chi connectivity index (χ1v) is 10.0. The minimum absolute atomic E-state index is 0.0542. The number of benzene rings is 1. The summed E-state index contributed by atoms with van der Waals surface area (Å²) in [6.07, 6.45) is 1.91. The predicted molar refractivity (Wildman–Crippen MR) is 95.2 cm³/mol. The van der Waals surface area contributed by atoms with Crippen LogP contribution in [0.5, 0.6) is 0 Å². The van der Waals surface area contributed by atoms with E-state index in [1.54, 1.807) is 6.07 Å². The van der Waals surface area contributed by atoms with Crippen molar-refractivity contribution in [3.63, 3.8) is 0 Å². The van der Waals surface area contributed by atoms with Crippen molar-refractivity contribution < 1.29 is 18.1 Å². The largest absolute Gasteiger partial charge is 0.289 e. The second-order valence-corrected chi connectivity index (χ2v) is 9.37. The monoisotopic (exact) mass is 384 g/mol. The molecule has 0 bridgehead atoms. The number of rotatable bonds is 3. The van der Waals surface area contributed by atoms with Crippen molar-refractivity contribution >= 4 is 55.8 Å². The number of hydrogen-bond donors (Lipinski definition) is 0. The van der Waals surface area contributed by atoms with Crippen molar-refractivity contribution in [2.45, 2.75) is 12.5 Å². The number of nitrogens with zero attached hydrogens (tertiary/aromatic N) is 2. The fourth-order valence-electron chi connectivity index (χ4n) is 2.65. The van der Waals surface area contributed by atoms with Gasteiger partial charge in [0.2, 0.25) is 0 Å². The second-order valence-electron chi connectivity index (χ2n) is 5.46. The molecule has 0 aliphatic carbocycles. The number of nitro groups is 1. The Balaban J connectivity index is 1.86. The molecular weight excluding hydrogens is 372 g/mol. The van der Waals surface area contributed by atoms with Crippen molar-refractivity contribution in [1.82, 2.24) is 4.90 Å². The van der Waals surface area contributed by atoms with Gasteiger partial charge in [-0.05, 0) is 18.1 Å². The molecule has 0 radical (unpaired) electrons. The summed E-state index contributed by atoms with van der Waals surface area (Å²) < 4.78 is 23.6. The average Bonchev–Trinajstić information content (AvgIpc) is 2.99. The van der Waals surface area contributed by atoms with Crippen molar-refractivity contribution in [3.8, 4) is 0 Å². The molecule has 0 saturated carbocycles. The van der Waals surface area contributed by atoms with Crippen LogP contribution in [0.3, 0.4) is 0 Å². The van der Waals surface area contributed by atoms with E-state index < -0.39 is 20.8 Å².